The molecule has 112 valence electrons. The van der Waals surface area contributed by atoms with Crippen molar-refractivity contribution in [3.8, 4) is 0 Å². The minimum Gasteiger partial charge on any atom is -0.387 e. The van der Waals surface area contributed by atoms with E-state index < -0.39 is 6.10 Å². The number of halogens is 1. The van der Waals surface area contributed by atoms with Crippen LogP contribution < -0.4 is 5.32 Å². The Morgan fingerprint density at radius 1 is 1.18 bits per heavy atom. The highest BCUT2D eigenvalue weighted by Crippen LogP contribution is 2.22. The smallest absolute Gasteiger partial charge is 0.253 e. The molecule has 3 aromatic rings. The molecule has 5 heteroatoms. The van der Waals surface area contributed by atoms with Crippen LogP contribution in [0.25, 0.3) is 10.9 Å². The van der Waals surface area contributed by atoms with Gasteiger partial charge < -0.3 is 15.4 Å². The van der Waals surface area contributed by atoms with Crippen LogP contribution in [0.15, 0.2) is 54.7 Å². The molecule has 0 aliphatic carbocycles. The molecule has 1 amide bonds. The van der Waals surface area contributed by atoms with Crippen LogP contribution in [-0.2, 0) is 0 Å². The molecule has 2 aromatic carbocycles. The summed E-state index contributed by atoms with van der Waals surface area (Å²) in [5.41, 5.74) is 1.93. The maximum atomic E-state index is 12.3. The predicted octanol–water partition coefficient (Wildman–Crippen LogP) is 3.28. The molecule has 4 nitrogen and oxygen atoms in total. The summed E-state index contributed by atoms with van der Waals surface area (Å²) < 4.78 is 0. The number of aliphatic hydroxyl groups excluding tert-OH is 1. The third-order valence-electron chi connectivity index (χ3n) is 3.55. The molecular formula is C17H15ClN2O2. The van der Waals surface area contributed by atoms with Gasteiger partial charge in [-0.15, -0.1) is 0 Å². The van der Waals surface area contributed by atoms with E-state index in [9.17, 15) is 9.90 Å². The second-order valence-electron chi connectivity index (χ2n) is 4.99. The topological polar surface area (TPSA) is 65.1 Å². The largest absolute Gasteiger partial charge is 0.387 e. The van der Waals surface area contributed by atoms with Crippen molar-refractivity contribution in [2.24, 2.45) is 0 Å². The number of para-hydroxylation sites is 1. The number of benzene rings is 2. The first-order valence-electron chi connectivity index (χ1n) is 6.93. The van der Waals surface area contributed by atoms with E-state index in [2.05, 4.69) is 10.3 Å². The van der Waals surface area contributed by atoms with Crippen molar-refractivity contribution in [3.63, 3.8) is 0 Å². The molecule has 0 aliphatic rings. The van der Waals surface area contributed by atoms with Gasteiger partial charge in [0, 0.05) is 28.7 Å². The van der Waals surface area contributed by atoms with E-state index in [4.69, 9.17) is 11.6 Å². The summed E-state index contributed by atoms with van der Waals surface area (Å²) in [4.78, 5) is 15.4. The Bertz CT molecular complexity index is 813. The summed E-state index contributed by atoms with van der Waals surface area (Å²) in [6.45, 7) is 0.0969. The van der Waals surface area contributed by atoms with E-state index in [0.29, 0.717) is 16.1 Å². The zero-order valence-electron chi connectivity index (χ0n) is 11.7. The molecule has 22 heavy (non-hydrogen) atoms. The Hall–Kier alpha value is -2.30. The quantitative estimate of drug-likeness (QED) is 0.692. The number of amides is 1. The average Bonchev–Trinajstić information content (AvgIpc) is 3.01. The Kier molecular flexibility index (Phi) is 4.13. The third-order valence-corrected chi connectivity index (χ3v) is 3.90. The van der Waals surface area contributed by atoms with Gasteiger partial charge in [-0.1, -0.05) is 41.9 Å². The van der Waals surface area contributed by atoms with E-state index in [-0.39, 0.29) is 12.5 Å². The molecule has 0 saturated carbocycles. The normalized spacial score (nSPS) is 12.3. The van der Waals surface area contributed by atoms with Gasteiger partial charge in [-0.2, -0.15) is 0 Å². The van der Waals surface area contributed by atoms with E-state index in [0.717, 1.165) is 10.9 Å². The number of carbonyl (C=O) groups excluding carboxylic acids is 1. The van der Waals surface area contributed by atoms with E-state index >= 15 is 0 Å². The second-order valence-corrected chi connectivity index (χ2v) is 5.40. The number of rotatable bonds is 4. The summed E-state index contributed by atoms with van der Waals surface area (Å²) in [6.07, 6.45) is 0.945. The zero-order chi connectivity index (χ0) is 15.5. The molecule has 0 spiro atoms. The number of fused-ring (bicyclic) bond motifs is 1. The molecule has 1 atom stereocenters. The summed E-state index contributed by atoms with van der Waals surface area (Å²) in [5.74, 6) is -0.237. The van der Waals surface area contributed by atoms with Gasteiger partial charge in [0.2, 0.25) is 0 Å². The van der Waals surface area contributed by atoms with Crippen LogP contribution in [0, 0.1) is 0 Å². The Morgan fingerprint density at radius 3 is 2.82 bits per heavy atom. The molecule has 0 fully saturated rings. The van der Waals surface area contributed by atoms with Gasteiger partial charge in [0.25, 0.3) is 5.91 Å². The highest BCUT2D eigenvalue weighted by molar-refractivity contribution is 6.31. The Morgan fingerprint density at radius 2 is 2.00 bits per heavy atom. The van der Waals surface area contributed by atoms with Crippen molar-refractivity contribution >= 4 is 28.4 Å². The maximum absolute atomic E-state index is 12.3. The van der Waals surface area contributed by atoms with Crippen LogP contribution in [0.5, 0.6) is 0 Å². The molecule has 0 radical (unpaired) electrons. The summed E-state index contributed by atoms with van der Waals surface area (Å²) in [6, 6.07) is 14.5. The lowest BCUT2D eigenvalue weighted by molar-refractivity contribution is 0.0918. The predicted molar refractivity (Wildman–Crippen MR) is 87.0 cm³/mol. The summed E-state index contributed by atoms with van der Waals surface area (Å²) in [7, 11) is 0. The Balaban J connectivity index is 1.73. The number of nitrogens with one attached hydrogen (secondary N) is 2. The van der Waals surface area contributed by atoms with Gasteiger partial charge >= 0.3 is 0 Å². The Labute approximate surface area is 132 Å². The highest BCUT2D eigenvalue weighted by atomic mass is 35.5. The van der Waals surface area contributed by atoms with E-state index in [1.807, 2.05) is 18.2 Å². The third kappa shape index (κ3) is 2.84. The number of aromatic nitrogens is 1. The molecule has 0 saturated heterocycles. The highest BCUT2D eigenvalue weighted by Gasteiger charge is 2.15. The average molecular weight is 315 g/mol. The van der Waals surface area contributed by atoms with Gasteiger partial charge in [0.05, 0.1) is 17.2 Å². The van der Waals surface area contributed by atoms with Crippen molar-refractivity contribution in [1.82, 2.24) is 10.3 Å². The molecule has 1 aromatic heterocycles. The number of hydrogen-bond acceptors (Lipinski definition) is 2. The minimum atomic E-state index is -0.847. The van der Waals surface area contributed by atoms with Gasteiger partial charge in [-0.3, -0.25) is 4.79 Å². The first kappa shape index (κ1) is 14.6. The molecule has 3 rings (SSSR count). The van der Waals surface area contributed by atoms with Crippen LogP contribution in [0.1, 0.15) is 22.0 Å². The standard InChI is InChI=1S/C17H15ClN2O2/c18-14-7-2-1-5-12(14)15(21)10-20-17(22)13-6-3-4-11-8-9-19-16(11)13/h1-9,15,19,21H,10H2,(H,20,22). The van der Waals surface area contributed by atoms with Crippen LogP contribution >= 0.6 is 11.6 Å². The lowest BCUT2D eigenvalue weighted by Gasteiger charge is -2.14. The first-order valence-corrected chi connectivity index (χ1v) is 7.31. The second kappa shape index (κ2) is 6.22. The zero-order valence-corrected chi connectivity index (χ0v) is 12.5. The lowest BCUT2D eigenvalue weighted by Crippen LogP contribution is -2.28. The molecular weight excluding hydrogens is 300 g/mol. The monoisotopic (exact) mass is 314 g/mol. The number of hydrogen-bond donors (Lipinski definition) is 3. The van der Waals surface area contributed by atoms with E-state index in [1.165, 1.54) is 0 Å². The van der Waals surface area contributed by atoms with Crippen LogP contribution in [0.4, 0.5) is 0 Å². The minimum absolute atomic E-state index is 0.0969. The fourth-order valence-electron chi connectivity index (χ4n) is 2.41. The lowest BCUT2D eigenvalue weighted by atomic mass is 10.1. The van der Waals surface area contributed by atoms with Crippen LogP contribution in [-0.4, -0.2) is 22.5 Å². The van der Waals surface area contributed by atoms with Crippen molar-refractivity contribution < 1.29 is 9.90 Å². The summed E-state index contributed by atoms with van der Waals surface area (Å²) in [5, 5.41) is 14.4. The number of aromatic amines is 1. The SMILES string of the molecule is O=C(NCC(O)c1ccccc1Cl)c1cccc2cc[nH]c12. The van der Waals surface area contributed by atoms with Gasteiger partial charge in [-0.05, 0) is 18.2 Å². The van der Waals surface area contributed by atoms with E-state index in [1.54, 1.807) is 36.5 Å². The van der Waals surface area contributed by atoms with Gasteiger partial charge in [0.15, 0.2) is 0 Å². The summed E-state index contributed by atoms with van der Waals surface area (Å²) >= 11 is 6.04. The van der Waals surface area contributed by atoms with Crippen molar-refractivity contribution in [2.45, 2.75) is 6.10 Å². The van der Waals surface area contributed by atoms with Crippen molar-refractivity contribution in [2.75, 3.05) is 6.54 Å². The molecule has 3 N–H and O–H groups in total. The van der Waals surface area contributed by atoms with Crippen LogP contribution in [0.3, 0.4) is 0 Å². The molecule has 0 aliphatic heterocycles. The van der Waals surface area contributed by atoms with Gasteiger partial charge in [0.1, 0.15) is 0 Å². The number of H-pyrrole nitrogens is 1. The fraction of sp³-hybridized carbons (Fsp3) is 0.118. The maximum Gasteiger partial charge on any atom is 0.253 e. The first-order chi connectivity index (χ1) is 10.7. The van der Waals surface area contributed by atoms with Gasteiger partial charge in [-0.25, -0.2) is 0 Å². The van der Waals surface area contributed by atoms with Crippen molar-refractivity contribution in [1.29, 1.82) is 0 Å². The number of aliphatic hydroxyl groups is 1. The molecule has 0 bridgehead atoms. The fourth-order valence-corrected chi connectivity index (χ4v) is 2.68. The molecule has 1 unspecified atom stereocenters. The molecule has 1 heterocycles. The van der Waals surface area contributed by atoms with Crippen molar-refractivity contribution in [3.05, 3.63) is 70.9 Å². The number of carbonyl (C=O) groups is 1. The van der Waals surface area contributed by atoms with Crippen LogP contribution in [0.2, 0.25) is 5.02 Å².